The van der Waals surface area contributed by atoms with E-state index < -0.39 is 0 Å². The maximum Gasteiger partial charge on any atom is 0.232 e. The van der Waals surface area contributed by atoms with E-state index in [0.717, 1.165) is 0 Å². The summed E-state index contributed by atoms with van der Waals surface area (Å²) in [6, 6.07) is 4.79. The Morgan fingerprint density at radius 1 is 1.37 bits per heavy atom. The Morgan fingerprint density at radius 3 is 3.04 bits per heavy atom. The molecule has 0 spiro atoms. The van der Waals surface area contributed by atoms with Gasteiger partial charge in [-0.25, -0.2) is 9.38 Å². The fourth-order valence-electron chi connectivity index (χ4n) is 3.84. The summed E-state index contributed by atoms with van der Waals surface area (Å²) in [6.45, 7) is 4.37. The molecule has 1 fully saturated rings. The highest BCUT2D eigenvalue weighted by Gasteiger charge is 2.29. The molecule has 142 valence electrons. The minimum atomic E-state index is -0.278. The van der Waals surface area contributed by atoms with Crippen LogP contribution in [0.5, 0.6) is 0 Å². The van der Waals surface area contributed by atoms with E-state index in [1.807, 2.05) is 11.8 Å². The number of ether oxygens (including phenoxy) is 1. The third-order valence-corrected chi connectivity index (χ3v) is 5.13. The van der Waals surface area contributed by atoms with Crippen LogP contribution < -0.4 is 4.90 Å². The van der Waals surface area contributed by atoms with Gasteiger partial charge in [-0.2, -0.15) is 0 Å². The number of fused-ring (bicyclic) bond motifs is 1. The van der Waals surface area contributed by atoms with E-state index in [1.165, 1.54) is 6.07 Å². The van der Waals surface area contributed by atoms with E-state index in [2.05, 4.69) is 4.99 Å². The van der Waals surface area contributed by atoms with Crippen LogP contribution in [0.4, 0.5) is 10.1 Å². The summed E-state index contributed by atoms with van der Waals surface area (Å²) in [7, 11) is 0. The summed E-state index contributed by atoms with van der Waals surface area (Å²) >= 11 is 0. The second kappa shape index (κ2) is 7.23. The quantitative estimate of drug-likeness (QED) is 0.816. The molecule has 1 unspecified atom stereocenters. The van der Waals surface area contributed by atoms with Gasteiger partial charge in [0, 0.05) is 49.1 Å². The van der Waals surface area contributed by atoms with Crippen molar-refractivity contribution in [2.75, 3.05) is 31.1 Å². The van der Waals surface area contributed by atoms with Crippen LogP contribution in [0, 0.1) is 5.82 Å². The Hall–Kier alpha value is -2.54. The maximum absolute atomic E-state index is 13.9. The van der Waals surface area contributed by atoms with Crippen LogP contribution in [-0.4, -0.2) is 54.6 Å². The summed E-state index contributed by atoms with van der Waals surface area (Å²) in [6.07, 6.45) is 2.36. The highest BCUT2D eigenvalue weighted by Crippen LogP contribution is 2.30. The van der Waals surface area contributed by atoms with Crippen LogP contribution in [0.2, 0.25) is 0 Å². The van der Waals surface area contributed by atoms with E-state index in [-0.39, 0.29) is 36.5 Å². The number of carbonyl (C=O) groups is 2. The van der Waals surface area contributed by atoms with Crippen molar-refractivity contribution in [3.63, 3.8) is 0 Å². The third kappa shape index (κ3) is 3.64. The smallest absolute Gasteiger partial charge is 0.232 e. The van der Waals surface area contributed by atoms with Gasteiger partial charge >= 0.3 is 0 Å². The van der Waals surface area contributed by atoms with Gasteiger partial charge in [0.25, 0.3) is 0 Å². The van der Waals surface area contributed by atoms with Crippen molar-refractivity contribution >= 4 is 23.1 Å². The lowest BCUT2D eigenvalue weighted by Crippen LogP contribution is -2.41. The number of carbonyl (C=O) groups excluding carboxylic acids is 2. The fourth-order valence-corrected chi connectivity index (χ4v) is 3.84. The van der Waals surface area contributed by atoms with Crippen molar-refractivity contribution in [2.45, 2.75) is 32.3 Å². The Labute approximate surface area is 157 Å². The second-order valence-electron chi connectivity index (χ2n) is 7.16. The molecule has 1 saturated heterocycles. The molecule has 1 aromatic carbocycles. The Balaban J connectivity index is 1.49. The minimum Gasteiger partial charge on any atom is -0.375 e. The number of aliphatic imine (C=N–C) groups is 1. The summed E-state index contributed by atoms with van der Waals surface area (Å²) in [4.78, 5) is 33.2. The van der Waals surface area contributed by atoms with Gasteiger partial charge in [0.05, 0.1) is 19.1 Å². The lowest BCUT2D eigenvalue weighted by Gasteiger charge is -2.33. The number of halogens is 1. The van der Waals surface area contributed by atoms with Crippen molar-refractivity contribution in [1.82, 2.24) is 4.90 Å². The molecule has 3 aliphatic heterocycles. The van der Waals surface area contributed by atoms with Gasteiger partial charge in [0.2, 0.25) is 5.91 Å². The normalized spacial score (nSPS) is 22.4. The lowest BCUT2D eigenvalue weighted by molar-refractivity contribution is -0.117. The van der Waals surface area contributed by atoms with Gasteiger partial charge in [-0.15, -0.1) is 0 Å². The first-order valence-corrected chi connectivity index (χ1v) is 9.26. The molecule has 0 radical (unpaired) electrons. The lowest BCUT2D eigenvalue weighted by atomic mass is 10.1. The molecule has 0 saturated carbocycles. The average Bonchev–Trinajstić information content (AvgIpc) is 3.07. The van der Waals surface area contributed by atoms with Gasteiger partial charge in [-0.05, 0) is 25.5 Å². The molecule has 27 heavy (non-hydrogen) atoms. The molecule has 0 N–H and O–H groups in total. The first-order chi connectivity index (χ1) is 13.0. The van der Waals surface area contributed by atoms with Gasteiger partial charge < -0.3 is 14.5 Å². The van der Waals surface area contributed by atoms with E-state index in [4.69, 9.17) is 4.74 Å². The predicted molar refractivity (Wildman–Crippen MR) is 99.2 cm³/mol. The number of amides is 1. The predicted octanol–water partition coefficient (Wildman–Crippen LogP) is 2.08. The van der Waals surface area contributed by atoms with Crippen LogP contribution in [-0.2, 0) is 20.7 Å². The van der Waals surface area contributed by atoms with E-state index in [1.54, 1.807) is 23.1 Å². The summed E-state index contributed by atoms with van der Waals surface area (Å²) in [5, 5.41) is 0. The van der Waals surface area contributed by atoms with E-state index >= 15 is 0 Å². The van der Waals surface area contributed by atoms with Crippen LogP contribution in [0.1, 0.15) is 25.3 Å². The molecule has 0 aliphatic carbocycles. The van der Waals surface area contributed by atoms with Crippen LogP contribution >= 0.6 is 0 Å². The first kappa shape index (κ1) is 17.9. The molecule has 1 atom stereocenters. The molecule has 0 aromatic heterocycles. The zero-order valence-corrected chi connectivity index (χ0v) is 15.3. The molecule has 4 rings (SSSR count). The summed E-state index contributed by atoms with van der Waals surface area (Å²) in [5.41, 5.74) is 1.77. The van der Waals surface area contributed by atoms with Gasteiger partial charge in [0.15, 0.2) is 5.78 Å². The number of rotatable bonds is 3. The number of morpholine rings is 1. The molecule has 7 heteroatoms. The minimum absolute atomic E-state index is 0.0465. The Morgan fingerprint density at radius 2 is 2.22 bits per heavy atom. The average molecular weight is 371 g/mol. The Bertz CT molecular complexity index is 849. The SMILES string of the molecule is CC1CN(C2=CC(=O)CC(CC(=O)N3CCc4c(F)cccc43)=N2)CCO1. The molecular weight excluding hydrogens is 349 g/mol. The molecule has 3 heterocycles. The molecule has 0 bridgehead atoms. The molecular formula is C20H22FN3O3. The zero-order chi connectivity index (χ0) is 19.0. The number of hydrogen-bond acceptors (Lipinski definition) is 5. The first-order valence-electron chi connectivity index (χ1n) is 9.26. The number of allylic oxidation sites excluding steroid dienone is 1. The number of benzene rings is 1. The topological polar surface area (TPSA) is 62.2 Å². The highest BCUT2D eigenvalue weighted by molar-refractivity contribution is 6.16. The highest BCUT2D eigenvalue weighted by atomic mass is 19.1. The summed E-state index contributed by atoms with van der Waals surface area (Å²) < 4.78 is 19.4. The summed E-state index contributed by atoms with van der Waals surface area (Å²) in [5.74, 6) is 0.133. The van der Waals surface area contributed by atoms with Crippen molar-refractivity contribution in [3.8, 4) is 0 Å². The molecule has 1 aromatic rings. The molecule has 1 amide bonds. The van der Waals surface area contributed by atoms with Crippen molar-refractivity contribution in [2.24, 2.45) is 4.99 Å². The maximum atomic E-state index is 13.9. The fraction of sp³-hybridized carbons (Fsp3) is 0.450. The van der Waals surface area contributed by atoms with Gasteiger partial charge in [0.1, 0.15) is 11.6 Å². The van der Waals surface area contributed by atoms with Crippen molar-refractivity contribution in [1.29, 1.82) is 0 Å². The molecule has 3 aliphatic rings. The van der Waals surface area contributed by atoms with Crippen LogP contribution in [0.3, 0.4) is 0 Å². The number of anilines is 1. The zero-order valence-electron chi connectivity index (χ0n) is 15.3. The number of ketones is 1. The third-order valence-electron chi connectivity index (χ3n) is 5.13. The van der Waals surface area contributed by atoms with E-state index in [0.29, 0.717) is 55.4 Å². The van der Waals surface area contributed by atoms with Gasteiger partial charge in [-0.3, -0.25) is 9.59 Å². The number of hydrogen-bond donors (Lipinski definition) is 0. The van der Waals surface area contributed by atoms with Crippen molar-refractivity contribution < 1.29 is 18.7 Å². The van der Waals surface area contributed by atoms with Crippen LogP contribution in [0.15, 0.2) is 35.1 Å². The van der Waals surface area contributed by atoms with Crippen molar-refractivity contribution in [3.05, 3.63) is 41.5 Å². The van der Waals surface area contributed by atoms with Gasteiger partial charge in [-0.1, -0.05) is 6.07 Å². The molecule has 6 nitrogen and oxygen atoms in total. The number of nitrogens with zero attached hydrogens (tertiary/aromatic N) is 3. The largest absolute Gasteiger partial charge is 0.375 e. The second-order valence-corrected chi connectivity index (χ2v) is 7.16. The Kier molecular flexibility index (Phi) is 4.78. The monoisotopic (exact) mass is 371 g/mol. The standard InChI is InChI=1S/C20H22FN3O3/c1-13-12-23(7-8-27-13)19-11-15(25)9-14(22-19)10-20(26)24-6-5-16-17(21)3-2-4-18(16)24/h2-4,11,13H,5-10,12H2,1H3. The van der Waals surface area contributed by atoms with E-state index in [9.17, 15) is 14.0 Å². The van der Waals surface area contributed by atoms with Crippen LogP contribution in [0.25, 0.3) is 0 Å².